The van der Waals surface area contributed by atoms with Gasteiger partial charge in [0, 0.05) is 56.6 Å². The minimum absolute atomic E-state index is 0.0244. The van der Waals surface area contributed by atoms with Crippen molar-refractivity contribution >= 4 is 22.7 Å². The Balaban J connectivity index is 1.66. The molecule has 0 bridgehead atoms. The topological polar surface area (TPSA) is 118 Å². The Bertz CT molecular complexity index is 1160. The SMILES string of the molecule is CCO[C@H]1OC(C(=O)N2CCOCCOCCOCCOCC2)=C[C@@H](c2cn(C(C)=O)c3ccccc23)[C@@H]1CCCO. The van der Waals surface area contributed by atoms with Crippen LogP contribution < -0.4 is 0 Å². The zero-order valence-corrected chi connectivity index (χ0v) is 24.7. The van der Waals surface area contributed by atoms with E-state index in [9.17, 15) is 14.7 Å². The van der Waals surface area contributed by atoms with Crippen molar-refractivity contribution in [2.24, 2.45) is 5.92 Å². The van der Waals surface area contributed by atoms with Gasteiger partial charge in [-0.05, 0) is 37.5 Å². The van der Waals surface area contributed by atoms with E-state index in [4.69, 9.17) is 28.4 Å². The van der Waals surface area contributed by atoms with E-state index in [1.54, 1.807) is 9.47 Å². The van der Waals surface area contributed by atoms with Gasteiger partial charge in [0.25, 0.3) is 5.91 Å². The summed E-state index contributed by atoms with van der Waals surface area (Å²) in [5.41, 5.74) is 1.71. The van der Waals surface area contributed by atoms with E-state index in [1.807, 2.05) is 43.5 Å². The number of nitrogens with zero attached hydrogens (tertiary/aromatic N) is 2. The predicted octanol–water partition coefficient (Wildman–Crippen LogP) is 2.96. The number of fused-ring (bicyclic) bond motifs is 1. The van der Waals surface area contributed by atoms with Crippen LogP contribution in [-0.4, -0.2) is 112 Å². The number of aliphatic hydroxyl groups is 1. The number of aliphatic hydroxyl groups excluding tert-OH is 1. The second kappa shape index (κ2) is 16.7. The Morgan fingerprint density at radius 3 is 2.17 bits per heavy atom. The van der Waals surface area contributed by atoms with Gasteiger partial charge in [0.05, 0.1) is 58.4 Å². The molecule has 1 aromatic heterocycles. The number of para-hydroxylation sites is 1. The number of ether oxygens (including phenoxy) is 6. The summed E-state index contributed by atoms with van der Waals surface area (Å²) in [5, 5.41) is 10.6. The summed E-state index contributed by atoms with van der Waals surface area (Å²) in [6.07, 6.45) is 4.15. The fourth-order valence-corrected chi connectivity index (χ4v) is 5.43. The summed E-state index contributed by atoms with van der Waals surface area (Å²) >= 11 is 0. The highest BCUT2D eigenvalue weighted by molar-refractivity contribution is 5.95. The fraction of sp³-hybridized carbons (Fsp3) is 0.613. The highest BCUT2D eigenvalue weighted by atomic mass is 16.7. The first kappa shape index (κ1) is 32.1. The van der Waals surface area contributed by atoms with Gasteiger partial charge >= 0.3 is 0 Å². The van der Waals surface area contributed by atoms with Gasteiger partial charge in [0.1, 0.15) is 0 Å². The number of hydrogen-bond acceptors (Lipinski definition) is 9. The summed E-state index contributed by atoms with van der Waals surface area (Å²) < 4.78 is 36.4. The van der Waals surface area contributed by atoms with Crippen LogP contribution in [0.5, 0.6) is 0 Å². The third-order valence-corrected chi connectivity index (χ3v) is 7.48. The van der Waals surface area contributed by atoms with Gasteiger partial charge in [-0.3, -0.25) is 14.2 Å². The zero-order valence-electron chi connectivity index (χ0n) is 24.7. The van der Waals surface area contributed by atoms with Crippen molar-refractivity contribution in [3.8, 4) is 0 Å². The number of allylic oxidation sites excluding steroid dienone is 1. The lowest BCUT2D eigenvalue weighted by atomic mass is 9.80. The molecule has 42 heavy (non-hydrogen) atoms. The van der Waals surface area contributed by atoms with Crippen LogP contribution in [0.1, 0.15) is 43.0 Å². The van der Waals surface area contributed by atoms with Crippen molar-refractivity contribution < 1.29 is 43.1 Å². The molecule has 2 aromatic rings. The fourth-order valence-electron chi connectivity index (χ4n) is 5.43. The standard InChI is InChI=1S/C31H44N2O9/c1-3-41-31-25(8-6-12-34)26(27-22-33(23(2)35)28-9-5-4-7-24(27)28)21-29(42-31)30(36)32-10-13-37-15-17-39-19-20-40-18-16-38-14-11-32/h4-5,7,9,21-22,25-26,31,34H,3,6,8,10-20H2,1-2H3/t25-,26+,31-/m0/s1. The molecule has 0 unspecified atom stereocenters. The lowest BCUT2D eigenvalue weighted by molar-refractivity contribution is -0.170. The molecule has 3 atom stereocenters. The largest absolute Gasteiger partial charge is 0.459 e. The number of hydrogen-bond donors (Lipinski definition) is 1. The van der Waals surface area contributed by atoms with E-state index >= 15 is 0 Å². The molecule has 232 valence electrons. The van der Waals surface area contributed by atoms with E-state index in [0.29, 0.717) is 85.4 Å². The molecule has 4 rings (SSSR count). The third-order valence-electron chi connectivity index (χ3n) is 7.48. The maximum absolute atomic E-state index is 14.0. The molecule has 0 saturated carbocycles. The van der Waals surface area contributed by atoms with Crippen LogP contribution in [0.3, 0.4) is 0 Å². The van der Waals surface area contributed by atoms with Gasteiger partial charge in [0.15, 0.2) is 5.76 Å². The molecule has 0 spiro atoms. The minimum Gasteiger partial charge on any atom is -0.459 e. The Labute approximate surface area is 247 Å². The molecule has 2 aliphatic heterocycles. The van der Waals surface area contributed by atoms with E-state index in [-0.39, 0.29) is 36.0 Å². The molecule has 0 radical (unpaired) electrons. The smallest absolute Gasteiger partial charge is 0.288 e. The second-order valence-electron chi connectivity index (χ2n) is 10.3. The molecule has 1 fully saturated rings. The Morgan fingerprint density at radius 2 is 1.57 bits per heavy atom. The highest BCUT2D eigenvalue weighted by Gasteiger charge is 2.40. The van der Waals surface area contributed by atoms with Crippen LogP contribution in [0.15, 0.2) is 42.3 Å². The normalized spacial score (nSPS) is 23.5. The molecule has 1 aromatic carbocycles. The first-order chi connectivity index (χ1) is 20.5. The summed E-state index contributed by atoms with van der Waals surface area (Å²) in [7, 11) is 0. The van der Waals surface area contributed by atoms with Crippen molar-refractivity contribution in [3.05, 3.63) is 47.9 Å². The molecular weight excluding hydrogens is 544 g/mol. The maximum atomic E-state index is 14.0. The average Bonchev–Trinajstić information content (AvgIpc) is 3.38. The van der Waals surface area contributed by atoms with Crippen molar-refractivity contribution in [2.45, 2.75) is 38.9 Å². The predicted molar refractivity (Wildman–Crippen MR) is 155 cm³/mol. The van der Waals surface area contributed by atoms with Gasteiger partial charge in [-0.1, -0.05) is 18.2 Å². The second-order valence-corrected chi connectivity index (χ2v) is 10.3. The minimum atomic E-state index is -0.708. The Morgan fingerprint density at radius 1 is 0.952 bits per heavy atom. The summed E-state index contributed by atoms with van der Waals surface area (Å²) in [6, 6.07) is 7.74. The van der Waals surface area contributed by atoms with Crippen LogP contribution in [0, 0.1) is 5.92 Å². The van der Waals surface area contributed by atoms with Gasteiger partial charge in [-0.15, -0.1) is 0 Å². The van der Waals surface area contributed by atoms with Gasteiger partial charge < -0.3 is 38.4 Å². The Kier molecular flexibility index (Phi) is 12.8. The zero-order chi connectivity index (χ0) is 29.7. The molecule has 11 heteroatoms. The molecule has 1 amide bonds. The van der Waals surface area contributed by atoms with Gasteiger partial charge in [0.2, 0.25) is 12.2 Å². The van der Waals surface area contributed by atoms with E-state index in [1.165, 1.54) is 6.92 Å². The van der Waals surface area contributed by atoms with E-state index < -0.39 is 6.29 Å². The maximum Gasteiger partial charge on any atom is 0.288 e. The molecule has 11 nitrogen and oxygen atoms in total. The molecule has 2 aliphatic rings. The van der Waals surface area contributed by atoms with Crippen LogP contribution in [0.4, 0.5) is 0 Å². The number of carbonyl (C=O) groups is 2. The summed E-state index contributed by atoms with van der Waals surface area (Å²) in [5.74, 6) is -0.686. The van der Waals surface area contributed by atoms with Crippen LogP contribution in [-0.2, 0) is 33.2 Å². The summed E-state index contributed by atoms with van der Waals surface area (Å²) in [6.45, 7) is 7.90. The Hall–Kier alpha value is -2.80. The van der Waals surface area contributed by atoms with Crippen molar-refractivity contribution in [1.29, 1.82) is 0 Å². The lowest BCUT2D eigenvalue weighted by Crippen LogP contribution is -2.42. The van der Waals surface area contributed by atoms with Gasteiger partial charge in [-0.25, -0.2) is 0 Å². The molecule has 1 N–H and O–H groups in total. The third kappa shape index (κ3) is 8.40. The lowest BCUT2D eigenvalue weighted by Gasteiger charge is -2.38. The van der Waals surface area contributed by atoms with Crippen LogP contribution in [0.25, 0.3) is 10.9 Å². The summed E-state index contributed by atoms with van der Waals surface area (Å²) in [4.78, 5) is 28.2. The molecular formula is C31H44N2O9. The molecule has 0 aliphatic carbocycles. The number of amides is 1. The van der Waals surface area contributed by atoms with Crippen molar-refractivity contribution in [3.63, 3.8) is 0 Å². The first-order valence-corrected chi connectivity index (χ1v) is 14.9. The van der Waals surface area contributed by atoms with Crippen LogP contribution in [0.2, 0.25) is 0 Å². The highest BCUT2D eigenvalue weighted by Crippen LogP contribution is 2.42. The molecule has 1 saturated heterocycles. The monoisotopic (exact) mass is 588 g/mol. The first-order valence-electron chi connectivity index (χ1n) is 14.9. The van der Waals surface area contributed by atoms with Gasteiger partial charge in [-0.2, -0.15) is 0 Å². The number of carbonyl (C=O) groups excluding carboxylic acids is 2. The van der Waals surface area contributed by atoms with E-state index in [0.717, 1.165) is 16.5 Å². The quantitative estimate of drug-likeness (QED) is 0.521. The number of aromatic nitrogens is 1. The molecule has 3 heterocycles. The van der Waals surface area contributed by atoms with Crippen LogP contribution >= 0.6 is 0 Å². The number of benzene rings is 1. The van der Waals surface area contributed by atoms with E-state index in [2.05, 4.69) is 0 Å². The average molecular weight is 589 g/mol. The van der Waals surface area contributed by atoms with Crippen molar-refractivity contribution in [1.82, 2.24) is 9.47 Å². The van der Waals surface area contributed by atoms with Crippen molar-refractivity contribution in [2.75, 3.05) is 79.2 Å². The number of rotatable bonds is 7.